The lowest BCUT2D eigenvalue weighted by atomic mass is 10.1. The van der Waals surface area contributed by atoms with Crippen LogP contribution in [-0.4, -0.2) is 25.0 Å². The van der Waals surface area contributed by atoms with Crippen LogP contribution in [0, 0.1) is 13.8 Å². The molecule has 0 radical (unpaired) electrons. The summed E-state index contributed by atoms with van der Waals surface area (Å²) in [5, 5.41) is 5.87. The Balaban J connectivity index is 1.80. The summed E-state index contributed by atoms with van der Waals surface area (Å²) in [7, 11) is 0. The van der Waals surface area contributed by atoms with Crippen LogP contribution in [-0.2, 0) is 0 Å². The van der Waals surface area contributed by atoms with Crippen molar-refractivity contribution < 1.29 is 4.79 Å². The van der Waals surface area contributed by atoms with Gasteiger partial charge in [0.1, 0.15) is 0 Å². The van der Waals surface area contributed by atoms with E-state index in [0.717, 1.165) is 16.8 Å². The summed E-state index contributed by atoms with van der Waals surface area (Å²) >= 11 is 0. The fourth-order valence-corrected chi connectivity index (χ4v) is 2.27. The summed E-state index contributed by atoms with van der Waals surface area (Å²) in [5.41, 5.74) is 9.74. The van der Waals surface area contributed by atoms with Gasteiger partial charge in [-0.1, -0.05) is 24.3 Å². The van der Waals surface area contributed by atoms with E-state index < -0.39 is 0 Å². The zero-order valence-corrected chi connectivity index (χ0v) is 13.5. The Morgan fingerprint density at radius 3 is 2.39 bits per heavy atom. The highest BCUT2D eigenvalue weighted by Gasteiger charge is 2.02. The number of nitrogens with zero attached hydrogens (tertiary/aromatic N) is 1. The normalized spacial score (nSPS) is 11.1. The summed E-state index contributed by atoms with van der Waals surface area (Å²) in [6.45, 7) is 4.92. The van der Waals surface area contributed by atoms with Crippen LogP contribution in [0.4, 0.5) is 5.69 Å². The van der Waals surface area contributed by atoms with Crippen LogP contribution in [0.15, 0.2) is 53.5 Å². The molecule has 0 aromatic heterocycles. The first kappa shape index (κ1) is 16.5. The first-order valence-corrected chi connectivity index (χ1v) is 7.53. The van der Waals surface area contributed by atoms with Crippen LogP contribution in [0.3, 0.4) is 0 Å². The molecule has 0 aliphatic rings. The van der Waals surface area contributed by atoms with E-state index in [0.29, 0.717) is 24.6 Å². The van der Waals surface area contributed by atoms with E-state index in [1.54, 1.807) is 12.1 Å². The van der Waals surface area contributed by atoms with Crippen molar-refractivity contribution in [2.45, 2.75) is 13.8 Å². The quantitative estimate of drug-likeness (QED) is 0.451. The number of benzene rings is 2. The van der Waals surface area contributed by atoms with Gasteiger partial charge in [0.05, 0.1) is 6.54 Å². The number of carbonyl (C=O) groups is 1. The van der Waals surface area contributed by atoms with Gasteiger partial charge >= 0.3 is 0 Å². The van der Waals surface area contributed by atoms with Gasteiger partial charge in [0.2, 0.25) is 0 Å². The van der Waals surface area contributed by atoms with Crippen molar-refractivity contribution in [2.75, 3.05) is 18.4 Å². The lowest BCUT2D eigenvalue weighted by Crippen LogP contribution is -2.28. The fraction of sp³-hybridized carbons (Fsp3) is 0.222. The van der Waals surface area contributed by atoms with Crippen LogP contribution in [0.2, 0.25) is 0 Å². The van der Waals surface area contributed by atoms with Gasteiger partial charge in [-0.05, 0) is 49.2 Å². The second-order valence-electron chi connectivity index (χ2n) is 5.39. The van der Waals surface area contributed by atoms with Gasteiger partial charge in [-0.25, -0.2) is 0 Å². The smallest absolute Gasteiger partial charge is 0.251 e. The molecule has 4 N–H and O–H groups in total. The minimum Gasteiger partial charge on any atom is -0.370 e. The maximum absolute atomic E-state index is 11.8. The van der Waals surface area contributed by atoms with Gasteiger partial charge in [0.25, 0.3) is 5.91 Å². The lowest BCUT2D eigenvalue weighted by molar-refractivity contribution is 0.0955. The third-order valence-corrected chi connectivity index (χ3v) is 3.21. The van der Waals surface area contributed by atoms with Gasteiger partial charge in [-0.3, -0.25) is 9.79 Å². The van der Waals surface area contributed by atoms with Crippen molar-refractivity contribution in [1.82, 2.24) is 5.32 Å². The van der Waals surface area contributed by atoms with Crippen LogP contribution in [0.25, 0.3) is 0 Å². The number of amides is 1. The first-order valence-electron chi connectivity index (χ1n) is 7.53. The van der Waals surface area contributed by atoms with Crippen molar-refractivity contribution >= 4 is 17.6 Å². The number of aliphatic imine (C=N–C) groups is 1. The first-order chi connectivity index (χ1) is 11.0. The predicted octanol–water partition coefficient (Wildman–Crippen LogP) is 2.46. The van der Waals surface area contributed by atoms with Crippen molar-refractivity contribution in [3.63, 3.8) is 0 Å². The molecule has 2 aromatic carbocycles. The summed E-state index contributed by atoms with van der Waals surface area (Å²) in [6.07, 6.45) is 0. The van der Waals surface area contributed by atoms with Crippen molar-refractivity contribution in [3.05, 3.63) is 65.2 Å². The molecule has 2 rings (SSSR count). The number of carbonyl (C=O) groups excluding carboxylic acids is 1. The van der Waals surface area contributed by atoms with Crippen molar-refractivity contribution in [2.24, 2.45) is 10.7 Å². The topological polar surface area (TPSA) is 79.5 Å². The number of hydrogen-bond acceptors (Lipinski definition) is 2. The molecule has 0 aliphatic heterocycles. The second kappa shape index (κ2) is 7.98. The average Bonchev–Trinajstić information content (AvgIpc) is 2.51. The molecular weight excluding hydrogens is 288 g/mol. The van der Waals surface area contributed by atoms with Crippen molar-refractivity contribution in [1.29, 1.82) is 0 Å². The fourth-order valence-electron chi connectivity index (χ4n) is 2.27. The molecule has 1 amide bonds. The molecule has 5 nitrogen and oxygen atoms in total. The van der Waals surface area contributed by atoms with Crippen molar-refractivity contribution in [3.8, 4) is 0 Å². The SMILES string of the molecule is Cc1cc(C)cc(NC(N)=NCCNC(=O)c2ccccc2)c1. The Hall–Kier alpha value is -2.82. The molecule has 0 heterocycles. The molecule has 0 unspecified atom stereocenters. The molecule has 0 saturated heterocycles. The minimum absolute atomic E-state index is 0.110. The summed E-state index contributed by atoms with van der Waals surface area (Å²) < 4.78 is 0. The Labute approximate surface area is 136 Å². The number of guanidine groups is 1. The highest BCUT2D eigenvalue weighted by Crippen LogP contribution is 2.13. The van der Waals surface area contributed by atoms with Crippen LogP contribution >= 0.6 is 0 Å². The molecule has 0 aliphatic carbocycles. The highest BCUT2D eigenvalue weighted by atomic mass is 16.1. The third kappa shape index (κ3) is 5.47. The number of rotatable bonds is 5. The van der Waals surface area contributed by atoms with E-state index >= 15 is 0 Å². The molecule has 5 heteroatoms. The maximum Gasteiger partial charge on any atom is 0.251 e. The number of hydrogen-bond donors (Lipinski definition) is 3. The number of aryl methyl sites for hydroxylation is 2. The van der Waals surface area contributed by atoms with E-state index in [1.807, 2.05) is 44.2 Å². The second-order valence-corrected chi connectivity index (χ2v) is 5.39. The molecule has 0 saturated carbocycles. The standard InChI is InChI=1S/C18H22N4O/c1-13-10-14(2)12-16(11-13)22-18(19)21-9-8-20-17(23)15-6-4-3-5-7-15/h3-7,10-12H,8-9H2,1-2H3,(H,20,23)(H3,19,21,22). The number of anilines is 1. The molecule has 0 bridgehead atoms. The van der Waals surface area contributed by atoms with Crippen LogP contribution < -0.4 is 16.4 Å². The summed E-state index contributed by atoms with van der Waals surface area (Å²) in [6, 6.07) is 15.2. The Morgan fingerprint density at radius 1 is 1.09 bits per heavy atom. The number of nitrogens with one attached hydrogen (secondary N) is 2. The van der Waals surface area contributed by atoms with E-state index in [9.17, 15) is 4.79 Å². The molecule has 120 valence electrons. The Bertz CT molecular complexity index is 675. The van der Waals surface area contributed by atoms with Gasteiger partial charge in [0, 0.05) is 17.8 Å². The van der Waals surface area contributed by atoms with Crippen LogP contribution in [0.1, 0.15) is 21.5 Å². The van der Waals surface area contributed by atoms with Gasteiger partial charge < -0.3 is 16.4 Å². The molecule has 0 spiro atoms. The zero-order valence-electron chi connectivity index (χ0n) is 13.5. The molecule has 0 fully saturated rings. The monoisotopic (exact) mass is 310 g/mol. The molecule has 23 heavy (non-hydrogen) atoms. The predicted molar refractivity (Wildman–Crippen MR) is 94.8 cm³/mol. The van der Waals surface area contributed by atoms with Gasteiger partial charge in [0.15, 0.2) is 5.96 Å². The van der Waals surface area contributed by atoms with E-state index in [4.69, 9.17) is 5.73 Å². The third-order valence-electron chi connectivity index (χ3n) is 3.21. The van der Waals surface area contributed by atoms with E-state index in [1.165, 1.54) is 0 Å². The summed E-state index contributed by atoms with van der Waals surface area (Å²) in [4.78, 5) is 16.1. The Morgan fingerprint density at radius 2 is 1.74 bits per heavy atom. The van der Waals surface area contributed by atoms with E-state index in [-0.39, 0.29) is 5.91 Å². The summed E-state index contributed by atoms with van der Waals surface area (Å²) in [5.74, 6) is 0.227. The average molecular weight is 310 g/mol. The van der Waals surface area contributed by atoms with Gasteiger partial charge in [-0.2, -0.15) is 0 Å². The lowest BCUT2D eigenvalue weighted by Gasteiger charge is -2.08. The molecular formula is C18H22N4O. The minimum atomic E-state index is -0.110. The van der Waals surface area contributed by atoms with Gasteiger partial charge in [-0.15, -0.1) is 0 Å². The largest absolute Gasteiger partial charge is 0.370 e. The van der Waals surface area contributed by atoms with Crippen LogP contribution in [0.5, 0.6) is 0 Å². The molecule has 2 aromatic rings. The van der Waals surface area contributed by atoms with E-state index in [2.05, 4.69) is 21.7 Å². The maximum atomic E-state index is 11.8. The molecule has 0 atom stereocenters. The highest BCUT2D eigenvalue weighted by molar-refractivity contribution is 5.94. The zero-order chi connectivity index (χ0) is 16.7. The Kier molecular flexibility index (Phi) is 5.74. The number of nitrogens with two attached hydrogens (primary N) is 1.